The predicted octanol–water partition coefficient (Wildman–Crippen LogP) is 5.04. The van der Waals surface area contributed by atoms with Crippen LogP contribution in [0.3, 0.4) is 0 Å². The van der Waals surface area contributed by atoms with Crippen LogP contribution >= 0.6 is 0 Å². The van der Waals surface area contributed by atoms with Crippen molar-refractivity contribution in [1.29, 1.82) is 0 Å². The van der Waals surface area contributed by atoms with E-state index < -0.39 is 0 Å². The van der Waals surface area contributed by atoms with E-state index in [1.54, 1.807) is 0 Å². The molecule has 4 aromatic rings. The van der Waals surface area contributed by atoms with E-state index in [-0.39, 0.29) is 0 Å². The highest BCUT2D eigenvalue weighted by molar-refractivity contribution is 5.94. The number of aromatic nitrogens is 2. The van der Waals surface area contributed by atoms with Gasteiger partial charge in [-0.15, -0.1) is 0 Å². The summed E-state index contributed by atoms with van der Waals surface area (Å²) in [5, 5.41) is 1.23. The van der Waals surface area contributed by atoms with E-state index in [0.717, 1.165) is 37.6 Å². The van der Waals surface area contributed by atoms with E-state index in [0.29, 0.717) is 13.2 Å². The Labute approximate surface area is 188 Å². The molecule has 2 aliphatic rings. The molecule has 0 atom stereocenters. The van der Waals surface area contributed by atoms with Gasteiger partial charge in [-0.2, -0.15) is 0 Å². The Morgan fingerprint density at radius 2 is 1.75 bits per heavy atom. The largest absolute Gasteiger partial charge is 0.486 e. The Bertz CT molecular complexity index is 1320. The van der Waals surface area contributed by atoms with Gasteiger partial charge in [0.05, 0.1) is 17.4 Å². The van der Waals surface area contributed by atoms with Gasteiger partial charge < -0.3 is 18.9 Å². The quantitative estimate of drug-likeness (QED) is 0.461. The molecule has 0 saturated carbocycles. The first-order valence-corrected chi connectivity index (χ1v) is 11.3. The maximum atomic E-state index is 5.82. The standard InChI is InChI=1S/C27H27N3O2/c1-18-19(2)30(16-20-7-8-25-26(13-20)32-12-11-31-25)27-23(18)14-28-15-24(27)29-10-9-21-5-3-4-6-22(21)17-29/h3-8,13-15H,9-12,16-17H2,1-2H3. The van der Waals surface area contributed by atoms with Gasteiger partial charge in [0.1, 0.15) is 13.2 Å². The Morgan fingerprint density at radius 3 is 2.62 bits per heavy atom. The molecule has 5 nitrogen and oxygen atoms in total. The summed E-state index contributed by atoms with van der Waals surface area (Å²) in [6.07, 6.45) is 5.11. The van der Waals surface area contributed by atoms with Crippen LogP contribution in [0.2, 0.25) is 0 Å². The highest BCUT2D eigenvalue weighted by Gasteiger charge is 2.22. The molecule has 0 fully saturated rings. The van der Waals surface area contributed by atoms with Crippen LogP contribution in [0.25, 0.3) is 10.9 Å². The second kappa shape index (κ2) is 7.59. The molecule has 5 heteroatoms. The lowest BCUT2D eigenvalue weighted by Gasteiger charge is -2.31. The van der Waals surface area contributed by atoms with E-state index in [1.807, 2.05) is 18.5 Å². The number of hydrogen-bond acceptors (Lipinski definition) is 4. The molecule has 2 aromatic heterocycles. The SMILES string of the molecule is Cc1c(C)n(Cc2ccc3c(c2)OCCO3)c2c(N3CCc4ccccc4C3)cncc12. The number of rotatable bonds is 3. The zero-order valence-electron chi connectivity index (χ0n) is 18.6. The first-order chi connectivity index (χ1) is 15.7. The average Bonchev–Trinajstić information content (AvgIpc) is 3.08. The van der Waals surface area contributed by atoms with Crippen LogP contribution in [0.5, 0.6) is 11.5 Å². The molecule has 0 spiro atoms. The average molecular weight is 426 g/mol. The lowest BCUT2D eigenvalue weighted by atomic mass is 9.99. The third-order valence-corrected chi connectivity index (χ3v) is 6.94. The number of pyridine rings is 1. The number of hydrogen-bond donors (Lipinski definition) is 0. The van der Waals surface area contributed by atoms with Crippen LogP contribution in [-0.4, -0.2) is 29.3 Å². The van der Waals surface area contributed by atoms with Gasteiger partial charge in [0.25, 0.3) is 0 Å². The molecule has 2 aliphatic heterocycles. The van der Waals surface area contributed by atoms with Gasteiger partial charge in [0, 0.05) is 36.9 Å². The summed E-state index contributed by atoms with van der Waals surface area (Å²) < 4.78 is 14.0. The Kier molecular flexibility index (Phi) is 4.56. The highest BCUT2D eigenvalue weighted by atomic mass is 16.6. The topological polar surface area (TPSA) is 39.5 Å². The predicted molar refractivity (Wildman–Crippen MR) is 127 cm³/mol. The summed E-state index contributed by atoms with van der Waals surface area (Å²) in [4.78, 5) is 7.12. The highest BCUT2D eigenvalue weighted by Crippen LogP contribution is 2.36. The maximum Gasteiger partial charge on any atom is 0.161 e. The van der Waals surface area contributed by atoms with Gasteiger partial charge in [-0.05, 0) is 54.7 Å². The van der Waals surface area contributed by atoms with Gasteiger partial charge in [0.2, 0.25) is 0 Å². The van der Waals surface area contributed by atoms with Crippen molar-refractivity contribution in [2.45, 2.75) is 33.4 Å². The molecule has 32 heavy (non-hydrogen) atoms. The Hall–Kier alpha value is -3.47. The summed E-state index contributed by atoms with van der Waals surface area (Å²) in [7, 11) is 0. The van der Waals surface area contributed by atoms with Crippen molar-refractivity contribution in [3.63, 3.8) is 0 Å². The fourth-order valence-corrected chi connectivity index (χ4v) is 5.06. The monoisotopic (exact) mass is 425 g/mol. The van der Waals surface area contributed by atoms with Gasteiger partial charge in [-0.25, -0.2) is 0 Å². The number of fused-ring (bicyclic) bond motifs is 3. The zero-order chi connectivity index (χ0) is 21.7. The normalized spacial score (nSPS) is 15.1. The number of aryl methyl sites for hydroxylation is 1. The molecule has 4 heterocycles. The molecule has 0 bridgehead atoms. The van der Waals surface area contributed by atoms with E-state index in [2.05, 4.69) is 64.7 Å². The lowest BCUT2D eigenvalue weighted by Crippen LogP contribution is -2.30. The van der Waals surface area contributed by atoms with Crippen LogP contribution in [0.15, 0.2) is 54.9 Å². The molecule has 162 valence electrons. The van der Waals surface area contributed by atoms with Crippen LogP contribution in [-0.2, 0) is 19.5 Å². The van der Waals surface area contributed by atoms with Crippen LogP contribution in [0.1, 0.15) is 27.9 Å². The van der Waals surface area contributed by atoms with Crippen LogP contribution in [0, 0.1) is 13.8 Å². The van der Waals surface area contributed by atoms with Gasteiger partial charge in [0.15, 0.2) is 11.5 Å². The van der Waals surface area contributed by atoms with Crippen molar-refractivity contribution in [3.05, 3.63) is 82.8 Å². The first kappa shape index (κ1) is 19.2. The van der Waals surface area contributed by atoms with Crippen molar-refractivity contribution < 1.29 is 9.47 Å². The third kappa shape index (κ3) is 3.11. The smallest absolute Gasteiger partial charge is 0.161 e. The minimum atomic E-state index is 0.604. The van der Waals surface area contributed by atoms with E-state index in [1.165, 1.54) is 44.5 Å². The molecule has 0 N–H and O–H groups in total. The van der Waals surface area contributed by atoms with Gasteiger partial charge >= 0.3 is 0 Å². The molecule has 2 aromatic carbocycles. The molecular formula is C27H27N3O2. The van der Waals surface area contributed by atoms with E-state index >= 15 is 0 Å². The number of nitrogens with zero attached hydrogens (tertiary/aromatic N) is 3. The molecule has 0 amide bonds. The van der Waals surface area contributed by atoms with Crippen molar-refractivity contribution in [1.82, 2.24) is 9.55 Å². The molecule has 6 rings (SSSR count). The molecule has 0 aliphatic carbocycles. The molecule has 0 radical (unpaired) electrons. The minimum absolute atomic E-state index is 0.604. The second-order valence-corrected chi connectivity index (χ2v) is 8.77. The zero-order valence-corrected chi connectivity index (χ0v) is 18.6. The Balaban J connectivity index is 1.43. The fourth-order valence-electron chi connectivity index (χ4n) is 5.06. The fraction of sp³-hybridized carbons (Fsp3) is 0.296. The minimum Gasteiger partial charge on any atom is -0.486 e. The van der Waals surface area contributed by atoms with Crippen molar-refractivity contribution >= 4 is 16.6 Å². The molecule has 0 saturated heterocycles. The van der Waals surface area contributed by atoms with Crippen molar-refractivity contribution in [2.24, 2.45) is 0 Å². The third-order valence-electron chi connectivity index (χ3n) is 6.94. The summed E-state index contributed by atoms with van der Waals surface area (Å²) in [5.74, 6) is 1.68. The summed E-state index contributed by atoms with van der Waals surface area (Å²) in [6, 6.07) is 15.1. The van der Waals surface area contributed by atoms with Gasteiger partial charge in [-0.1, -0.05) is 30.3 Å². The van der Waals surface area contributed by atoms with E-state index in [4.69, 9.17) is 9.47 Å². The lowest BCUT2D eigenvalue weighted by molar-refractivity contribution is 0.171. The van der Waals surface area contributed by atoms with Crippen molar-refractivity contribution in [3.8, 4) is 11.5 Å². The summed E-state index contributed by atoms with van der Waals surface area (Å²) >= 11 is 0. The molecular weight excluding hydrogens is 398 g/mol. The second-order valence-electron chi connectivity index (χ2n) is 8.77. The van der Waals surface area contributed by atoms with Gasteiger partial charge in [-0.3, -0.25) is 4.98 Å². The Morgan fingerprint density at radius 1 is 0.938 bits per heavy atom. The molecule has 0 unspecified atom stereocenters. The summed E-state index contributed by atoms with van der Waals surface area (Å²) in [6.45, 7) is 8.34. The van der Waals surface area contributed by atoms with Crippen LogP contribution in [0.4, 0.5) is 5.69 Å². The number of anilines is 1. The van der Waals surface area contributed by atoms with Crippen LogP contribution < -0.4 is 14.4 Å². The van der Waals surface area contributed by atoms with Crippen molar-refractivity contribution in [2.75, 3.05) is 24.7 Å². The maximum absolute atomic E-state index is 5.82. The summed E-state index contributed by atoms with van der Waals surface area (Å²) in [5.41, 5.74) is 9.14. The number of benzene rings is 2. The number of ether oxygens (including phenoxy) is 2. The first-order valence-electron chi connectivity index (χ1n) is 11.3. The van der Waals surface area contributed by atoms with E-state index in [9.17, 15) is 0 Å².